The van der Waals surface area contributed by atoms with Gasteiger partial charge in [-0.3, -0.25) is 4.98 Å². The lowest BCUT2D eigenvalue weighted by molar-refractivity contribution is 0.0465. The van der Waals surface area contributed by atoms with Crippen LogP contribution in [0.4, 0.5) is 0 Å². The van der Waals surface area contributed by atoms with Gasteiger partial charge in [-0.15, -0.1) is 0 Å². The highest BCUT2D eigenvalue weighted by atomic mass is 79.9. The second kappa shape index (κ2) is 5.65. The Bertz CT molecular complexity index is 814. The minimum atomic E-state index is -0.408. The quantitative estimate of drug-likeness (QED) is 0.684. The van der Waals surface area contributed by atoms with Crippen LogP contribution in [0.3, 0.4) is 0 Å². The zero-order valence-electron chi connectivity index (χ0n) is 11.3. The third kappa shape index (κ3) is 2.80. The molecule has 0 atom stereocenters. The molecule has 0 aliphatic rings. The molecule has 3 heterocycles. The minimum Gasteiger partial charge on any atom is -0.456 e. The monoisotopic (exact) mass is 345 g/mol. The van der Waals surface area contributed by atoms with Crippen molar-refractivity contribution in [2.24, 2.45) is 0 Å². The Morgan fingerprint density at radius 1 is 1.38 bits per heavy atom. The Hall–Kier alpha value is -2.21. The molecule has 0 radical (unpaired) electrons. The summed E-state index contributed by atoms with van der Waals surface area (Å²) in [6.45, 7) is 2.07. The standard InChI is InChI=1S/C15H12BrN3O2/c1-10-13(19-5-3-2-4-14(19)18-10)9-21-15(20)11-6-12(16)8-17-7-11/h2-8H,9H2,1H3. The van der Waals surface area contributed by atoms with Crippen LogP contribution in [-0.2, 0) is 11.3 Å². The first-order valence-corrected chi connectivity index (χ1v) is 7.14. The van der Waals surface area contributed by atoms with Gasteiger partial charge in [0.05, 0.1) is 17.0 Å². The van der Waals surface area contributed by atoms with Crippen LogP contribution in [0, 0.1) is 6.92 Å². The molecule has 106 valence electrons. The van der Waals surface area contributed by atoms with E-state index >= 15 is 0 Å². The van der Waals surface area contributed by atoms with Crippen molar-refractivity contribution in [2.75, 3.05) is 0 Å². The normalized spacial score (nSPS) is 10.8. The fraction of sp³-hybridized carbons (Fsp3) is 0.133. The predicted molar refractivity (Wildman–Crippen MR) is 81.0 cm³/mol. The molecular formula is C15H12BrN3O2. The van der Waals surface area contributed by atoms with Crippen molar-refractivity contribution in [3.63, 3.8) is 0 Å². The van der Waals surface area contributed by atoms with Crippen LogP contribution >= 0.6 is 15.9 Å². The number of ether oxygens (including phenoxy) is 1. The van der Waals surface area contributed by atoms with Crippen molar-refractivity contribution in [2.45, 2.75) is 13.5 Å². The highest BCUT2D eigenvalue weighted by Gasteiger charge is 2.12. The molecule has 0 unspecified atom stereocenters. The fourth-order valence-electron chi connectivity index (χ4n) is 2.08. The van der Waals surface area contributed by atoms with E-state index in [0.717, 1.165) is 21.5 Å². The third-order valence-corrected chi connectivity index (χ3v) is 3.54. The van der Waals surface area contributed by atoms with Crippen LogP contribution in [-0.4, -0.2) is 20.3 Å². The van der Waals surface area contributed by atoms with E-state index in [1.165, 1.54) is 6.20 Å². The van der Waals surface area contributed by atoms with Gasteiger partial charge in [-0.05, 0) is 41.1 Å². The summed E-state index contributed by atoms with van der Waals surface area (Å²) in [7, 11) is 0. The van der Waals surface area contributed by atoms with Crippen LogP contribution in [0.25, 0.3) is 5.65 Å². The molecule has 3 aromatic heterocycles. The first-order valence-electron chi connectivity index (χ1n) is 6.35. The molecule has 0 N–H and O–H groups in total. The number of hydrogen-bond donors (Lipinski definition) is 0. The number of carbonyl (C=O) groups is 1. The van der Waals surface area contributed by atoms with Gasteiger partial charge in [0.2, 0.25) is 0 Å². The lowest BCUT2D eigenvalue weighted by Gasteiger charge is -2.06. The van der Waals surface area contributed by atoms with E-state index in [-0.39, 0.29) is 6.61 Å². The summed E-state index contributed by atoms with van der Waals surface area (Å²) in [6, 6.07) is 7.43. The zero-order valence-corrected chi connectivity index (χ0v) is 12.9. The molecule has 0 saturated heterocycles. The summed E-state index contributed by atoms with van der Waals surface area (Å²) in [5.74, 6) is -0.408. The van der Waals surface area contributed by atoms with Crippen LogP contribution in [0.1, 0.15) is 21.7 Å². The maximum absolute atomic E-state index is 12.0. The van der Waals surface area contributed by atoms with Crippen molar-refractivity contribution < 1.29 is 9.53 Å². The number of pyridine rings is 2. The van der Waals surface area contributed by atoms with Gasteiger partial charge >= 0.3 is 5.97 Å². The molecule has 0 bridgehead atoms. The van der Waals surface area contributed by atoms with Gasteiger partial charge in [0.25, 0.3) is 0 Å². The number of rotatable bonds is 3. The van der Waals surface area contributed by atoms with E-state index in [1.54, 1.807) is 12.3 Å². The molecule has 0 fully saturated rings. The minimum absolute atomic E-state index is 0.169. The topological polar surface area (TPSA) is 56.5 Å². The van der Waals surface area contributed by atoms with Crippen LogP contribution < -0.4 is 0 Å². The molecule has 3 aromatic rings. The number of hydrogen-bond acceptors (Lipinski definition) is 4. The lowest BCUT2D eigenvalue weighted by Crippen LogP contribution is -2.07. The number of halogens is 1. The number of esters is 1. The van der Waals surface area contributed by atoms with Crippen molar-refractivity contribution in [1.29, 1.82) is 0 Å². The summed E-state index contributed by atoms with van der Waals surface area (Å²) in [5.41, 5.74) is 2.96. The summed E-state index contributed by atoms with van der Waals surface area (Å²) in [6.07, 6.45) is 5.00. The Balaban J connectivity index is 1.80. The summed E-state index contributed by atoms with van der Waals surface area (Å²) in [4.78, 5) is 20.4. The number of carbonyl (C=O) groups excluding carboxylic acids is 1. The molecule has 3 rings (SSSR count). The number of fused-ring (bicyclic) bond motifs is 1. The van der Waals surface area contributed by atoms with Gasteiger partial charge in [-0.2, -0.15) is 0 Å². The van der Waals surface area contributed by atoms with Gasteiger partial charge in [0, 0.05) is 23.1 Å². The first-order chi connectivity index (χ1) is 10.1. The number of imidazole rings is 1. The SMILES string of the molecule is Cc1nc2ccccn2c1COC(=O)c1cncc(Br)c1. The van der Waals surface area contributed by atoms with Crippen molar-refractivity contribution in [1.82, 2.24) is 14.4 Å². The number of nitrogens with zero attached hydrogens (tertiary/aromatic N) is 3. The Kier molecular flexibility index (Phi) is 3.70. The van der Waals surface area contributed by atoms with E-state index < -0.39 is 5.97 Å². The van der Waals surface area contributed by atoms with E-state index in [1.807, 2.05) is 35.7 Å². The average Bonchev–Trinajstić information content (AvgIpc) is 2.80. The van der Waals surface area contributed by atoms with Crippen molar-refractivity contribution in [3.05, 3.63) is 64.3 Å². The predicted octanol–water partition coefficient (Wildman–Crippen LogP) is 3.16. The third-order valence-electron chi connectivity index (χ3n) is 3.11. The Morgan fingerprint density at radius 3 is 3.05 bits per heavy atom. The Morgan fingerprint density at radius 2 is 2.24 bits per heavy atom. The highest BCUT2D eigenvalue weighted by molar-refractivity contribution is 9.10. The van der Waals surface area contributed by atoms with Gasteiger partial charge in [-0.25, -0.2) is 9.78 Å². The largest absolute Gasteiger partial charge is 0.456 e. The molecule has 6 heteroatoms. The maximum Gasteiger partial charge on any atom is 0.340 e. The molecule has 5 nitrogen and oxygen atoms in total. The average molecular weight is 346 g/mol. The lowest BCUT2D eigenvalue weighted by atomic mass is 10.3. The molecule has 0 amide bonds. The zero-order chi connectivity index (χ0) is 14.8. The van der Waals surface area contributed by atoms with Gasteiger partial charge in [-0.1, -0.05) is 6.07 Å². The van der Waals surface area contributed by atoms with Crippen LogP contribution in [0.5, 0.6) is 0 Å². The van der Waals surface area contributed by atoms with Crippen LogP contribution in [0.15, 0.2) is 47.3 Å². The van der Waals surface area contributed by atoms with E-state index in [0.29, 0.717) is 5.56 Å². The molecular weight excluding hydrogens is 334 g/mol. The van der Waals surface area contributed by atoms with E-state index in [2.05, 4.69) is 25.9 Å². The fourth-order valence-corrected chi connectivity index (χ4v) is 2.44. The first kappa shape index (κ1) is 13.8. The summed E-state index contributed by atoms with van der Waals surface area (Å²) in [5, 5.41) is 0. The van der Waals surface area contributed by atoms with Gasteiger partial charge in [0.1, 0.15) is 12.3 Å². The van der Waals surface area contributed by atoms with Crippen LogP contribution in [0.2, 0.25) is 0 Å². The highest BCUT2D eigenvalue weighted by Crippen LogP contribution is 2.15. The molecule has 0 aliphatic heterocycles. The smallest absolute Gasteiger partial charge is 0.340 e. The molecule has 21 heavy (non-hydrogen) atoms. The van der Waals surface area contributed by atoms with Crippen molar-refractivity contribution in [3.8, 4) is 0 Å². The molecule has 0 saturated carbocycles. The van der Waals surface area contributed by atoms with E-state index in [9.17, 15) is 4.79 Å². The Labute approximate surface area is 129 Å². The van der Waals surface area contributed by atoms with Gasteiger partial charge < -0.3 is 9.14 Å². The second-order valence-electron chi connectivity index (χ2n) is 4.54. The maximum atomic E-state index is 12.0. The second-order valence-corrected chi connectivity index (χ2v) is 5.46. The number of aromatic nitrogens is 3. The molecule has 0 spiro atoms. The summed E-state index contributed by atoms with van der Waals surface area (Å²) < 4.78 is 8.01. The molecule has 0 aromatic carbocycles. The van der Waals surface area contributed by atoms with E-state index in [4.69, 9.17) is 4.74 Å². The molecule has 0 aliphatic carbocycles. The van der Waals surface area contributed by atoms with Gasteiger partial charge in [0.15, 0.2) is 0 Å². The number of aryl methyl sites for hydroxylation is 1. The summed E-state index contributed by atoms with van der Waals surface area (Å²) >= 11 is 3.28. The van der Waals surface area contributed by atoms with Crippen molar-refractivity contribution >= 4 is 27.5 Å².